The fourth-order valence-corrected chi connectivity index (χ4v) is 3.26. The van der Waals surface area contributed by atoms with Gasteiger partial charge in [-0.2, -0.15) is 0 Å². The second-order valence-corrected chi connectivity index (χ2v) is 6.13. The largest absolute Gasteiger partial charge is 0.380 e. The minimum Gasteiger partial charge on any atom is -0.380 e. The highest BCUT2D eigenvalue weighted by atomic mass is 15.3. The van der Waals surface area contributed by atoms with Crippen LogP contribution in [-0.2, 0) is 6.42 Å². The van der Waals surface area contributed by atoms with Crippen molar-refractivity contribution in [1.82, 2.24) is 9.80 Å². The maximum Gasteiger partial charge on any atom is 0.0429 e. The fourth-order valence-electron chi connectivity index (χ4n) is 3.26. The summed E-state index contributed by atoms with van der Waals surface area (Å²) in [6.45, 7) is 10.6. The third-order valence-corrected chi connectivity index (χ3v) is 4.46. The van der Waals surface area contributed by atoms with Crippen molar-refractivity contribution in [2.75, 3.05) is 38.0 Å². The summed E-state index contributed by atoms with van der Waals surface area (Å²) in [6, 6.07) is 10.0. The molecule has 0 bridgehead atoms. The molecule has 3 heteroatoms. The lowest BCUT2D eigenvalue weighted by atomic mass is 10.1. The van der Waals surface area contributed by atoms with Crippen LogP contribution >= 0.6 is 0 Å². The van der Waals surface area contributed by atoms with Crippen LogP contribution in [0.25, 0.3) is 0 Å². The van der Waals surface area contributed by atoms with Crippen molar-refractivity contribution in [3.05, 3.63) is 29.8 Å². The minimum absolute atomic E-state index is 0.600. The van der Waals surface area contributed by atoms with Crippen LogP contribution in [0.2, 0.25) is 0 Å². The molecule has 0 saturated carbocycles. The number of para-hydroxylation sites is 1. The normalized spacial score (nSPS) is 24.5. The van der Waals surface area contributed by atoms with E-state index >= 15 is 0 Å². The molecular weight excluding hydrogens is 234 g/mol. The number of hydrogen-bond donors (Lipinski definition) is 1. The summed E-state index contributed by atoms with van der Waals surface area (Å²) in [5.74, 6) is 0. The van der Waals surface area contributed by atoms with Gasteiger partial charge in [0.2, 0.25) is 0 Å². The van der Waals surface area contributed by atoms with E-state index in [0.717, 1.165) is 0 Å². The maximum absolute atomic E-state index is 3.66. The quantitative estimate of drug-likeness (QED) is 0.896. The van der Waals surface area contributed by atoms with Crippen molar-refractivity contribution in [1.29, 1.82) is 0 Å². The molecule has 104 valence electrons. The first-order chi connectivity index (χ1) is 9.22. The van der Waals surface area contributed by atoms with E-state index in [0.29, 0.717) is 12.1 Å². The number of benzene rings is 1. The van der Waals surface area contributed by atoms with E-state index < -0.39 is 0 Å². The van der Waals surface area contributed by atoms with Crippen molar-refractivity contribution >= 4 is 5.69 Å². The molecule has 19 heavy (non-hydrogen) atoms. The Morgan fingerprint density at radius 3 is 2.58 bits per heavy atom. The SMILES string of the molecule is CC(C)N1CCN(CC2Cc3ccccc3N2)CC1. The third-order valence-electron chi connectivity index (χ3n) is 4.46. The van der Waals surface area contributed by atoms with Gasteiger partial charge in [-0.05, 0) is 31.9 Å². The van der Waals surface area contributed by atoms with E-state index in [9.17, 15) is 0 Å². The summed E-state index contributed by atoms with van der Waals surface area (Å²) in [4.78, 5) is 5.19. The lowest BCUT2D eigenvalue weighted by Crippen LogP contribution is -2.51. The minimum atomic E-state index is 0.600. The first kappa shape index (κ1) is 12.9. The standard InChI is InChI=1S/C16H25N3/c1-13(2)19-9-7-18(8-10-19)12-15-11-14-5-3-4-6-16(14)17-15/h3-6,13,15,17H,7-12H2,1-2H3. The lowest BCUT2D eigenvalue weighted by molar-refractivity contribution is 0.106. The Bertz CT molecular complexity index is 397. The van der Waals surface area contributed by atoms with Gasteiger partial charge in [-0.1, -0.05) is 18.2 Å². The van der Waals surface area contributed by atoms with Crippen molar-refractivity contribution in [3.8, 4) is 0 Å². The number of rotatable bonds is 3. The highest BCUT2D eigenvalue weighted by molar-refractivity contribution is 5.56. The van der Waals surface area contributed by atoms with E-state index in [2.05, 4.69) is 53.2 Å². The molecule has 0 radical (unpaired) electrons. The van der Waals surface area contributed by atoms with Gasteiger partial charge in [0.15, 0.2) is 0 Å². The smallest absolute Gasteiger partial charge is 0.0429 e. The summed E-state index contributed by atoms with van der Waals surface area (Å²) in [5, 5.41) is 3.66. The van der Waals surface area contributed by atoms with Crippen LogP contribution in [0.4, 0.5) is 5.69 Å². The molecule has 0 aromatic heterocycles. The van der Waals surface area contributed by atoms with E-state index in [1.807, 2.05) is 0 Å². The molecule has 0 spiro atoms. The van der Waals surface area contributed by atoms with Crippen LogP contribution in [0.15, 0.2) is 24.3 Å². The van der Waals surface area contributed by atoms with Gasteiger partial charge >= 0.3 is 0 Å². The number of nitrogens with one attached hydrogen (secondary N) is 1. The second-order valence-electron chi connectivity index (χ2n) is 6.13. The Morgan fingerprint density at radius 2 is 1.89 bits per heavy atom. The zero-order chi connectivity index (χ0) is 13.2. The Labute approximate surface area is 116 Å². The molecule has 1 aromatic carbocycles. The molecule has 3 nitrogen and oxygen atoms in total. The van der Waals surface area contributed by atoms with Gasteiger partial charge in [0.25, 0.3) is 0 Å². The van der Waals surface area contributed by atoms with E-state index in [4.69, 9.17) is 0 Å². The number of hydrogen-bond acceptors (Lipinski definition) is 3. The Hall–Kier alpha value is -1.06. The lowest BCUT2D eigenvalue weighted by Gasteiger charge is -2.37. The molecule has 1 aromatic rings. The zero-order valence-electron chi connectivity index (χ0n) is 12.1. The molecule has 1 saturated heterocycles. The van der Waals surface area contributed by atoms with Gasteiger partial charge in [-0.15, -0.1) is 0 Å². The third kappa shape index (κ3) is 2.93. The Balaban J connectivity index is 1.50. The van der Waals surface area contributed by atoms with E-state index in [-0.39, 0.29) is 0 Å². The molecule has 1 fully saturated rings. The first-order valence-corrected chi connectivity index (χ1v) is 7.53. The predicted octanol–water partition coefficient (Wildman–Crippen LogP) is 2.05. The monoisotopic (exact) mass is 259 g/mol. The van der Waals surface area contributed by atoms with Crippen LogP contribution in [0, 0.1) is 0 Å². The summed E-state index contributed by atoms with van der Waals surface area (Å²) in [7, 11) is 0. The number of nitrogens with zero attached hydrogens (tertiary/aromatic N) is 2. The molecular formula is C16H25N3. The van der Waals surface area contributed by atoms with Gasteiger partial charge in [0.1, 0.15) is 0 Å². The number of anilines is 1. The van der Waals surface area contributed by atoms with E-state index in [1.165, 1.54) is 50.4 Å². The molecule has 2 aliphatic heterocycles. The van der Waals surface area contributed by atoms with Gasteiger partial charge in [-0.25, -0.2) is 0 Å². The first-order valence-electron chi connectivity index (χ1n) is 7.53. The number of fused-ring (bicyclic) bond motifs is 1. The van der Waals surface area contributed by atoms with Crippen molar-refractivity contribution in [2.45, 2.75) is 32.4 Å². The Morgan fingerprint density at radius 1 is 1.16 bits per heavy atom. The summed E-state index contributed by atoms with van der Waals surface area (Å²) in [6.07, 6.45) is 1.18. The van der Waals surface area contributed by atoms with Crippen LogP contribution in [0.1, 0.15) is 19.4 Å². The van der Waals surface area contributed by atoms with Gasteiger partial charge in [-0.3, -0.25) is 9.80 Å². The van der Waals surface area contributed by atoms with Crippen molar-refractivity contribution < 1.29 is 0 Å². The van der Waals surface area contributed by atoms with Crippen LogP contribution < -0.4 is 5.32 Å². The molecule has 3 rings (SSSR count). The molecule has 2 heterocycles. The van der Waals surface area contributed by atoms with Crippen LogP contribution in [-0.4, -0.2) is 54.6 Å². The Kier molecular flexibility index (Phi) is 3.76. The summed E-state index contributed by atoms with van der Waals surface area (Å²) < 4.78 is 0. The summed E-state index contributed by atoms with van der Waals surface area (Å²) in [5.41, 5.74) is 2.82. The molecule has 2 aliphatic rings. The molecule has 0 aliphatic carbocycles. The van der Waals surface area contributed by atoms with Gasteiger partial charge in [0, 0.05) is 50.5 Å². The topological polar surface area (TPSA) is 18.5 Å². The second kappa shape index (κ2) is 5.51. The maximum atomic E-state index is 3.66. The summed E-state index contributed by atoms with van der Waals surface area (Å²) >= 11 is 0. The van der Waals surface area contributed by atoms with Crippen LogP contribution in [0.5, 0.6) is 0 Å². The molecule has 1 unspecified atom stereocenters. The van der Waals surface area contributed by atoms with E-state index in [1.54, 1.807) is 0 Å². The average molecular weight is 259 g/mol. The average Bonchev–Trinajstić information content (AvgIpc) is 2.81. The highest BCUT2D eigenvalue weighted by Gasteiger charge is 2.25. The highest BCUT2D eigenvalue weighted by Crippen LogP contribution is 2.25. The van der Waals surface area contributed by atoms with Crippen molar-refractivity contribution in [2.24, 2.45) is 0 Å². The predicted molar refractivity (Wildman–Crippen MR) is 80.7 cm³/mol. The molecule has 1 atom stereocenters. The van der Waals surface area contributed by atoms with Crippen LogP contribution in [0.3, 0.4) is 0 Å². The van der Waals surface area contributed by atoms with Gasteiger partial charge < -0.3 is 5.32 Å². The fraction of sp³-hybridized carbons (Fsp3) is 0.625. The molecule has 1 N–H and O–H groups in total. The van der Waals surface area contributed by atoms with Gasteiger partial charge in [0.05, 0.1) is 0 Å². The zero-order valence-corrected chi connectivity index (χ0v) is 12.1. The van der Waals surface area contributed by atoms with Crippen molar-refractivity contribution in [3.63, 3.8) is 0 Å². The molecule has 0 amide bonds. The number of piperazine rings is 1.